The molecule has 2 heterocycles. The predicted octanol–water partition coefficient (Wildman–Crippen LogP) is 2.87. The van der Waals surface area contributed by atoms with Gasteiger partial charge in [-0.05, 0) is 13.8 Å². The molecule has 0 unspecified atom stereocenters. The van der Waals surface area contributed by atoms with Gasteiger partial charge in [0.2, 0.25) is 0 Å². The van der Waals surface area contributed by atoms with E-state index < -0.39 is 11.6 Å². The molecular formula is C9H9ClO3S. The lowest BCUT2D eigenvalue weighted by Crippen LogP contribution is -2.18. The number of ether oxygens (including phenoxy) is 1. The van der Waals surface area contributed by atoms with Crippen molar-refractivity contribution in [2.75, 3.05) is 0 Å². The Hall–Kier alpha value is -0.580. The van der Waals surface area contributed by atoms with E-state index in [2.05, 4.69) is 0 Å². The third-order valence-corrected chi connectivity index (χ3v) is 3.69. The van der Waals surface area contributed by atoms with Crippen LogP contribution in [0, 0.1) is 0 Å². The van der Waals surface area contributed by atoms with E-state index in [9.17, 15) is 4.79 Å². The molecule has 5 heteroatoms. The summed E-state index contributed by atoms with van der Waals surface area (Å²) in [6.07, 6.45) is 0. The Balaban J connectivity index is 2.68. The number of hydrogen-bond donors (Lipinski definition) is 1. The Morgan fingerprint density at radius 2 is 2.29 bits per heavy atom. The van der Waals surface area contributed by atoms with E-state index in [1.807, 2.05) is 13.8 Å². The van der Waals surface area contributed by atoms with Crippen LogP contribution in [-0.2, 0) is 16.9 Å². The summed E-state index contributed by atoms with van der Waals surface area (Å²) in [6, 6.07) is 0. The first-order valence-corrected chi connectivity index (χ1v) is 5.32. The standard InChI is InChI=1S/C9H9ClO3S/c1-9(2)6-4(3-13-9)14-7(10)5(6)8(11)12/h3H2,1-2H3,(H,11,12). The third-order valence-electron chi connectivity index (χ3n) is 2.32. The first-order valence-electron chi connectivity index (χ1n) is 4.12. The number of carbonyl (C=O) groups is 1. The Kier molecular flexibility index (Phi) is 2.10. The lowest BCUT2D eigenvalue weighted by Gasteiger charge is -2.18. The van der Waals surface area contributed by atoms with E-state index in [0.717, 1.165) is 10.4 Å². The molecule has 1 aliphatic heterocycles. The van der Waals surface area contributed by atoms with Crippen molar-refractivity contribution in [3.8, 4) is 0 Å². The fourth-order valence-corrected chi connectivity index (χ4v) is 3.23. The second-order valence-corrected chi connectivity index (χ2v) is 5.36. The number of carboxylic acids is 1. The van der Waals surface area contributed by atoms with Crippen molar-refractivity contribution in [2.24, 2.45) is 0 Å². The van der Waals surface area contributed by atoms with E-state index in [4.69, 9.17) is 21.4 Å². The van der Waals surface area contributed by atoms with Gasteiger partial charge in [0.1, 0.15) is 4.34 Å². The van der Waals surface area contributed by atoms with Crippen molar-refractivity contribution in [1.82, 2.24) is 0 Å². The zero-order chi connectivity index (χ0) is 10.5. The molecular weight excluding hydrogens is 224 g/mol. The summed E-state index contributed by atoms with van der Waals surface area (Å²) in [7, 11) is 0. The van der Waals surface area contributed by atoms with Crippen molar-refractivity contribution in [3.05, 3.63) is 20.3 Å². The molecule has 1 aromatic rings. The van der Waals surface area contributed by atoms with Crippen molar-refractivity contribution in [1.29, 1.82) is 0 Å². The fraction of sp³-hybridized carbons (Fsp3) is 0.444. The number of fused-ring (bicyclic) bond motifs is 1. The topological polar surface area (TPSA) is 46.5 Å². The van der Waals surface area contributed by atoms with Gasteiger partial charge < -0.3 is 9.84 Å². The lowest BCUT2D eigenvalue weighted by atomic mass is 9.97. The van der Waals surface area contributed by atoms with Gasteiger partial charge in [-0.15, -0.1) is 11.3 Å². The molecule has 1 aliphatic rings. The second kappa shape index (κ2) is 2.95. The van der Waals surface area contributed by atoms with E-state index in [1.165, 1.54) is 11.3 Å². The monoisotopic (exact) mass is 232 g/mol. The van der Waals surface area contributed by atoms with Crippen LogP contribution in [-0.4, -0.2) is 11.1 Å². The summed E-state index contributed by atoms with van der Waals surface area (Å²) in [5.74, 6) is -0.980. The van der Waals surface area contributed by atoms with Crippen LogP contribution in [0.15, 0.2) is 0 Å². The summed E-state index contributed by atoms with van der Waals surface area (Å²) in [5, 5.41) is 9.02. The molecule has 0 aromatic carbocycles. The highest BCUT2D eigenvalue weighted by Gasteiger charge is 2.38. The number of hydrogen-bond acceptors (Lipinski definition) is 3. The van der Waals surface area contributed by atoms with Crippen LogP contribution in [0.1, 0.15) is 34.6 Å². The highest BCUT2D eigenvalue weighted by atomic mass is 35.5. The average Bonchev–Trinajstić information content (AvgIpc) is 2.50. The molecule has 0 radical (unpaired) electrons. The minimum atomic E-state index is -0.980. The molecule has 2 rings (SSSR count). The normalized spacial score (nSPS) is 18.2. The van der Waals surface area contributed by atoms with Crippen LogP contribution in [0.4, 0.5) is 0 Å². The summed E-state index contributed by atoms with van der Waals surface area (Å²) in [5.41, 5.74) is 0.404. The zero-order valence-electron chi connectivity index (χ0n) is 7.76. The summed E-state index contributed by atoms with van der Waals surface area (Å²) >= 11 is 7.16. The Morgan fingerprint density at radius 3 is 2.86 bits per heavy atom. The maximum absolute atomic E-state index is 11.0. The van der Waals surface area contributed by atoms with Gasteiger partial charge in [-0.2, -0.15) is 0 Å². The van der Waals surface area contributed by atoms with Crippen molar-refractivity contribution < 1.29 is 14.6 Å². The summed E-state index contributed by atoms with van der Waals surface area (Å²) in [4.78, 5) is 11.9. The van der Waals surface area contributed by atoms with Gasteiger partial charge in [0.15, 0.2) is 0 Å². The van der Waals surface area contributed by atoms with E-state index >= 15 is 0 Å². The molecule has 76 valence electrons. The summed E-state index contributed by atoms with van der Waals surface area (Å²) < 4.78 is 5.83. The van der Waals surface area contributed by atoms with Gasteiger partial charge in [0, 0.05) is 10.4 Å². The quantitative estimate of drug-likeness (QED) is 0.810. The van der Waals surface area contributed by atoms with Gasteiger partial charge in [0.05, 0.1) is 17.8 Å². The molecule has 0 saturated heterocycles. The van der Waals surface area contributed by atoms with E-state index in [0.29, 0.717) is 10.9 Å². The first kappa shape index (κ1) is 9.96. The van der Waals surface area contributed by atoms with Gasteiger partial charge in [-0.1, -0.05) is 11.6 Å². The molecule has 0 atom stereocenters. The molecule has 1 N–H and O–H groups in total. The highest BCUT2D eigenvalue weighted by Crippen LogP contribution is 2.45. The Labute approximate surface area is 90.3 Å². The van der Waals surface area contributed by atoms with Gasteiger partial charge >= 0.3 is 5.97 Å². The molecule has 0 aliphatic carbocycles. The molecule has 0 amide bonds. The SMILES string of the molecule is CC1(C)OCc2sc(Cl)c(C(=O)O)c21. The van der Waals surface area contributed by atoms with Gasteiger partial charge in [-0.25, -0.2) is 4.79 Å². The van der Waals surface area contributed by atoms with Crippen LogP contribution in [0.25, 0.3) is 0 Å². The maximum Gasteiger partial charge on any atom is 0.338 e. The number of rotatable bonds is 1. The predicted molar refractivity (Wildman–Crippen MR) is 54.1 cm³/mol. The number of carboxylic acid groups (broad SMARTS) is 1. The van der Waals surface area contributed by atoms with E-state index in [-0.39, 0.29) is 5.56 Å². The Morgan fingerprint density at radius 1 is 1.64 bits per heavy atom. The van der Waals surface area contributed by atoms with Crippen LogP contribution >= 0.6 is 22.9 Å². The minimum Gasteiger partial charge on any atom is -0.478 e. The number of thiophene rings is 1. The van der Waals surface area contributed by atoms with Crippen LogP contribution in [0.2, 0.25) is 4.34 Å². The van der Waals surface area contributed by atoms with E-state index in [1.54, 1.807) is 0 Å². The van der Waals surface area contributed by atoms with Crippen LogP contribution < -0.4 is 0 Å². The molecule has 0 spiro atoms. The average molecular weight is 233 g/mol. The van der Waals surface area contributed by atoms with Gasteiger partial charge in [-0.3, -0.25) is 0 Å². The zero-order valence-corrected chi connectivity index (χ0v) is 9.33. The van der Waals surface area contributed by atoms with Crippen molar-refractivity contribution in [2.45, 2.75) is 26.1 Å². The van der Waals surface area contributed by atoms with Crippen LogP contribution in [0.3, 0.4) is 0 Å². The molecule has 3 nitrogen and oxygen atoms in total. The third kappa shape index (κ3) is 1.26. The first-order chi connectivity index (χ1) is 6.43. The lowest BCUT2D eigenvalue weighted by molar-refractivity contribution is -0.00831. The molecule has 0 bridgehead atoms. The minimum absolute atomic E-state index is 0.203. The van der Waals surface area contributed by atoms with Crippen LogP contribution in [0.5, 0.6) is 0 Å². The van der Waals surface area contributed by atoms with Crippen molar-refractivity contribution >= 4 is 28.9 Å². The molecule has 0 fully saturated rings. The number of halogens is 1. The van der Waals surface area contributed by atoms with Gasteiger partial charge in [0.25, 0.3) is 0 Å². The highest BCUT2D eigenvalue weighted by molar-refractivity contribution is 7.16. The Bertz CT molecular complexity index is 408. The molecule has 1 aromatic heterocycles. The second-order valence-electron chi connectivity index (χ2n) is 3.65. The maximum atomic E-state index is 11.0. The largest absolute Gasteiger partial charge is 0.478 e. The number of aromatic carboxylic acids is 1. The smallest absolute Gasteiger partial charge is 0.338 e. The molecule has 14 heavy (non-hydrogen) atoms. The fourth-order valence-electron chi connectivity index (χ4n) is 1.70. The molecule has 0 saturated carbocycles. The summed E-state index contributed by atoms with van der Waals surface area (Å²) in [6.45, 7) is 4.17. The van der Waals surface area contributed by atoms with Crippen molar-refractivity contribution in [3.63, 3.8) is 0 Å².